The van der Waals surface area contributed by atoms with Gasteiger partial charge in [0.05, 0.1) is 11.7 Å². The van der Waals surface area contributed by atoms with Crippen LogP contribution < -0.4 is 0 Å². The molecule has 16 heavy (non-hydrogen) atoms. The molecule has 86 valence electrons. The maximum absolute atomic E-state index is 9.87. The lowest BCUT2D eigenvalue weighted by Gasteiger charge is -2.24. The van der Waals surface area contributed by atoms with Crippen LogP contribution in [0.4, 0.5) is 0 Å². The van der Waals surface area contributed by atoms with E-state index in [1.165, 1.54) is 10.1 Å². The van der Waals surface area contributed by atoms with Crippen molar-refractivity contribution in [2.24, 2.45) is 0 Å². The molecule has 0 radical (unpaired) electrons. The number of rotatable bonds is 3. The molecule has 0 bridgehead atoms. The summed E-state index contributed by atoms with van der Waals surface area (Å²) in [5.74, 6) is 0. The van der Waals surface area contributed by atoms with E-state index in [1.807, 2.05) is 12.1 Å². The van der Waals surface area contributed by atoms with E-state index in [0.29, 0.717) is 6.42 Å². The molecule has 0 fully saturated rings. The zero-order chi connectivity index (χ0) is 11.8. The molecule has 2 aromatic rings. The number of aliphatic hydroxyl groups is 2. The molecule has 1 aromatic heterocycles. The van der Waals surface area contributed by atoms with Crippen LogP contribution in [0.2, 0.25) is 0 Å². The molecule has 2 nitrogen and oxygen atoms in total. The first kappa shape index (κ1) is 11.6. The molecule has 1 aromatic carbocycles. The quantitative estimate of drug-likeness (QED) is 0.860. The van der Waals surface area contributed by atoms with Gasteiger partial charge in [0, 0.05) is 11.1 Å². The molecular formula is C13H16O2S. The number of hydrogen-bond acceptors (Lipinski definition) is 3. The summed E-state index contributed by atoms with van der Waals surface area (Å²) in [5.41, 5.74) is 0.0542. The third kappa shape index (κ3) is 2.26. The lowest BCUT2D eigenvalue weighted by Crippen LogP contribution is -2.37. The van der Waals surface area contributed by atoms with E-state index >= 15 is 0 Å². The average molecular weight is 236 g/mol. The van der Waals surface area contributed by atoms with Crippen molar-refractivity contribution < 1.29 is 10.2 Å². The summed E-state index contributed by atoms with van der Waals surface area (Å²) in [6.07, 6.45) is -0.237. The Labute approximate surface area is 99.2 Å². The molecule has 1 atom stereocenters. The Morgan fingerprint density at radius 3 is 2.69 bits per heavy atom. The molecule has 0 aliphatic heterocycles. The van der Waals surface area contributed by atoms with E-state index in [2.05, 4.69) is 17.5 Å². The minimum Gasteiger partial charge on any atom is -0.390 e. The van der Waals surface area contributed by atoms with Crippen LogP contribution in [-0.4, -0.2) is 21.9 Å². The van der Waals surface area contributed by atoms with Gasteiger partial charge in [0.1, 0.15) is 0 Å². The van der Waals surface area contributed by atoms with Gasteiger partial charge in [-0.2, -0.15) is 0 Å². The maximum atomic E-state index is 9.87. The molecule has 0 saturated heterocycles. The zero-order valence-electron chi connectivity index (χ0n) is 9.47. The Morgan fingerprint density at radius 2 is 2.00 bits per heavy atom. The molecule has 3 heteroatoms. The van der Waals surface area contributed by atoms with Crippen LogP contribution in [0.5, 0.6) is 0 Å². The monoisotopic (exact) mass is 236 g/mol. The first-order valence-corrected chi connectivity index (χ1v) is 6.22. The smallest absolute Gasteiger partial charge is 0.0862 e. The van der Waals surface area contributed by atoms with Crippen molar-refractivity contribution in [3.63, 3.8) is 0 Å². The molecule has 0 aliphatic carbocycles. The molecule has 0 amide bonds. The summed E-state index contributed by atoms with van der Waals surface area (Å²) in [7, 11) is 0. The molecule has 1 heterocycles. The number of benzene rings is 1. The second kappa shape index (κ2) is 4.17. The van der Waals surface area contributed by atoms with Gasteiger partial charge < -0.3 is 10.2 Å². The Balaban J connectivity index is 2.28. The summed E-state index contributed by atoms with van der Waals surface area (Å²) in [6.45, 7) is 3.26. The van der Waals surface area contributed by atoms with Crippen molar-refractivity contribution in [3.05, 3.63) is 35.2 Å². The van der Waals surface area contributed by atoms with Crippen LogP contribution in [0.1, 0.15) is 19.4 Å². The van der Waals surface area contributed by atoms with E-state index in [0.717, 1.165) is 5.56 Å². The molecule has 2 N–H and O–H groups in total. The Kier molecular flexibility index (Phi) is 3.02. The predicted molar refractivity (Wildman–Crippen MR) is 67.8 cm³/mol. The SMILES string of the molecule is CC(C)(O)C(O)Cc1csc2ccccc12. The third-order valence-corrected chi connectivity index (χ3v) is 3.80. The van der Waals surface area contributed by atoms with Gasteiger partial charge in [-0.15, -0.1) is 11.3 Å². The Hall–Kier alpha value is -0.900. The van der Waals surface area contributed by atoms with Crippen LogP contribution in [-0.2, 0) is 6.42 Å². The average Bonchev–Trinajstić information content (AvgIpc) is 2.61. The van der Waals surface area contributed by atoms with Gasteiger partial charge in [0.2, 0.25) is 0 Å². The van der Waals surface area contributed by atoms with Crippen molar-refractivity contribution in [2.45, 2.75) is 32.0 Å². The van der Waals surface area contributed by atoms with Gasteiger partial charge in [0.15, 0.2) is 0 Å². The molecule has 0 saturated carbocycles. The largest absolute Gasteiger partial charge is 0.390 e. The number of thiophene rings is 1. The van der Waals surface area contributed by atoms with Crippen molar-refractivity contribution >= 4 is 21.4 Å². The van der Waals surface area contributed by atoms with Gasteiger partial charge in [-0.05, 0) is 36.2 Å². The van der Waals surface area contributed by atoms with E-state index in [4.69, 9.17) is 0 Å². The highest BCUT2D eigenvalue weighted by atomic mass is 32.1. The van der Waals surface area contributed by atoms with Crippen molar-refractivity contribution in [3.8, 4) is 0 Å². The summed E-state index contributed by atoms with van der Waals surface area (Å²) in [5, 5.41) is 22.8. The topological polar surface area (TPSA) is 40.5 Å². The second-order valence-electron chi connectivity index (χ2n) is 4.63. The van der Waals surface area contributed by atoms with Crippen LogP contribution in [0, 0.1) is 0 Å². The van der Waals surface area contributed by atoms with E-state index in [-0.39, 0.29) is 0 Å². The minimum atomic E-state index is -1.05. The lowest BCUT2D eigenvalue weighted by atomic mass is 9.95. The first-order valence-electron chi connectivity index (χ1n) is 5.34. The number of hydrogen-bond donors (Lipinski definition) is 2. The lowest BCUT2D eigenvalue weighted by molar-refractivity contribution is -0.0467. The highest BCUT2D eigenvalue weighted by molar-refractivity contribution is 7.17. The number of aliphatic hydroxyl groups excluding tert-OH is 1. The molecule has 0 spiro atoms. The van der Waals surface area contributed by atoms with Crippen LogP contribution in [0.15, 0.2) is 29.6 Å². The summed E-state index contributed by atoms with van der Waals surface area (Å²) in [4.78, 5) is 0. The van der Waals surface area contributed by atoms with Gasteiger partial charge in [-0.1, -0.05) is 18.2 Å². The molecule has 2 rings (SSSR count). The number of fused-ring (bicyclic) bond motifs is 1. The van der Waals surface area contributed by atoms with Gasteiger partial charge in [0.25, 0.3) is 0 Å². The van der Waals surface area contributed by atoms with Crippen molar-refractivity contribution in [1.29, 1.82) is 0 Å². The van der Waals surface area contributed by atoms with Crippen LogP contribution in [0.3, 0.4) is 0 Å². The van der Waals surface area contributed by atoms with Crippen molar-refractivity contribution in [2.75, 3.05) is 0 Å². The molecule has 0 aliphatic rings. The van der Waals surface area contributed by atoms with Crippen LogP contribution in [0.25, 0.3) is 10.1 Å². The van der Waals surface area contributed by atoms with E-state index in [1.54, 1.807) is 25.2 Å². The standard InChI is InChI=1S/C13H16O2S/c1-13(2,15)12(14)7-9-8-16-11-6-4-3-5-10(9)11/h3-6,8,12,14-15H,7H2,1-2H3. The van der Waals surface area contributed by atoms with Gasteiger partial charge in [-0.3, -0.25) is 0 Å². The zero-order valence-corrected chi connectivity index (χ0v) is 10.3. The fourth-order valence-electron chi connectivity index (χ4n) is 1.65. The normalized spacial score (nSPS) is 14.2. The van der Waals surface area contributed by atoms with Gasteiger partial charge in [-0.25, -0.2) is 0 Å². The van der Waals surface area contributed by atoms with Gasteiger partial charge >= 0.3 is 0 Å². The molecule has 1 unspecified atom stereocenters. The third-order valence-electron chi connectivity index (χ3n) is 2.79. The fraction of sp³-hybridized carbons (Fsp3) is 0.385. The van der Waals surface area contributed by atoms with Crippen LogP contribution >= 0.6 is 11.3 Å². The predicted octanol–water partition coefficient (Wildman–Crippen LogP) is 2.58. The maximum Gasteiger partial charge on any atom is 0.0862 e. The molecular weight excluding hydrogens is 220 g/mol. The van der Waals surface area contributed by atoms with Crippen molar-refractivity contribution in [1.82, 2.24) is 0 Å². The summed E-state index contributed by atoms with van der Waals surface area (Å²) >= 11 is 1.67. The Morgan fingerprint density at radius 1 is 1.31 bits per heavy atom. The summed E-state index contributed by atoms with van der Waals surface area (Å²) < 4.78 is 1.22. The second-order valence-corrected chi connectivity index (χ2v) is 5.54. The van der Waals surface area contributed by atoms with E-state index in [9.17, 15) is 10.2 Å². The summed E-state index contributed by atoms with van der Waals surface area (Å²) in [6, 6.07) is 8.13. The first-order chi connectivity index (χ1) is 7.48. The van der Waals surface area contributed by atoms with E-state index < -0.39 is 11.7 Å². The highest BCUT2D eigenvalue weighted by Crippen LogP contribution is 2.27. The Bertz CT molecular complexity index is 482. The minimum absolute atomic E-state index is 0.494. The highest BCUT2D eigenvalue weighted by Gasteiger charge is 2.25. The fourth-order valence-corrected chi connectivity index (χ4v) is 2.62.